The zero-order valence-corrected chi connectivity index (χ0v) is 13.7. The summed E-state index contributed by atoms with van der Waals surface area (Å²) in [5, 5.41) is 11.9. The molecule has 0 unspecified atom stereocenters. The van der Waals surface area contributed by atoms with Crippen molar-refractivity contribution in [3.05, 3.63) is 59.2 Å². The molecule has 0 atom stereocenters. The molecule has 2 aromatic rings. The molecule has 0 spiro atoms. The summed E-state index contributed by atoms with van der Waals surface area (Å²) in [6, 6.07) is 11.0. The molecule has 0 fully saturated rings. The Bertz CT molecular complexity index is 812. The van der Waals surface area contributed by atoms with Gasteiger partial charge in [0, 0.05) is 37.8 Å². The maximum Gasteiger partial charge on any atom is 0.336 e. The summed E-state index contributed by atoms with van der Waals surface area (Å²) in [5.74, 6) is -1.95. The van der Waals surface area contributed by atoms with Gasteiger partial charge in [0.25, 0.3) is 0 Å². The topological polar surface area (TPSA) is 86.7 Å². The van der Waals surface area contributed by atoms with Crippen LogP contribution in [-0.4, -0.2) is 36.9 Å². The van der Waals surface area contributed by atoms with Gasteiger partial charge in [-0.15, -0.1) is 0 Å². The van der Waals surface area contributed by atoms with Gasteiger partial charge in [0.05, 0.1) is 11.3 Å². The van der Waals surface area contributed by atoms with E-state index in [9.17, 15) is 19.5 Å². The minimum Gasteiger partial charge on any atom is -0.478 e. The molecule has 24 heavy (non-hydrogen) atoms. The van der Waals surface area contributed by atoms with E-state index in [0.29, 0.717) is 5.69 Å². The third-order valence-electron chi connectivity index (χ3n) is 3.48. The van der Waals surface area contributed by atoms with Gasteiger partial charge in [-0.05, 0) is 24.3 Å². The SMILES string of the molecule is CC(=O)Nc1cc(N(C)C)ccc1C(=O)c1ccccc1C(=O)O. The molecule has 2 N–H and O–H groups in total. The molecule has 124 valence electrons. The maximum atomic E-state index is 12.8. The minimum atomic E-state index is -1.18. The maximum absolute atomic E-state index is 12.8. The van der Waals surface area contributed by atoms with E-state index in [1.165, 1.54) is 19.1 Å². The summed E-state index contributed by atoms with van der Waals surface area (Å²) in [7, 11) is 3.68. The first-order valence-electron chi connectivity index (χ1n) is 7.27. The van der Waals surface area contributed by atoms with Crippen LogP contribution in [-0.2, 0) is 4.79 Å². The number of nitrogens with one attached hydrogen (secondary N) is 1. The van der Waals surface area contributed by atoms with E-state index in [-0.39, 0.29) is 22.6 Å². The van der Waals surface area contributed by atoms with Gasteiger partial charge < -0.3 is 15.3 Å². The van der Waals surface area contributed by atoms with E-state index in [2.05, 4.69) is 5.32 Å². The molecule has 2 rings (SSSR count). The summed E-state index contributed by atoms with van der Waals surface area (Å²) in [5.41, 5.74) is 1.40. The molecule has 0 bridgehead atoms. The molecular formula is C18H18N2O4. The molecule has 2 aromatic carbocycles. The number of hydrogen-bond acceptors (Lipinski definition) is 4. The molecule has 0 heterocycles. The normalized spacial score (nSPS) is 10.1. The number of carboxylic acid groups (broad SMARTS) is 1. The first-order chi connectivity index (χ1) is 11.3. The molecular weight excluding hydrogens is 308 g/mol. The number of benzene rings is 2. The van der Waals surface area contributed by atoms with Gasteiger partial charge in [0.1, 0.15) is 0 Å². The fourth-order valence-corrected chi connectivity index (χ4v) is 2.31. The Morgan fingerprint density at radius 1 is 0.958 bits per heavy atom. The third kappa shape index (κ3) is 3.60. The van der Waals surface area contributed by atoms with E-state index in [4.69, 9.17) is 0 Å². The summed E-state index contributed by atoms with van der Waals surface area (Å²) in [6.45, 7) is 1.35. The Balaban J connectivity index is 2.57. The number of nitrogens with zero attached hydrogens (tertiary/aromatic N) is 1. The number of amides is 1. The Kier molecular flexibility index (Phi) is 4.99. The van der Waals surface area contributed by atoms with Gasteiger partial charge in [-0.25, -0.2) is 4.79 Å². The fraction of sp³-hybridized carbons (Fsp3) is 0.167. The summed E-state index contributed by atoms with van der Waals surface area (Å²) < 4.78 is 0. The third-order valence-corrected chi connectivity index (χ3v) is 3.48. The van der Waals surface area contributed by atoms with Gasteiger partial charge in [-0.3, -0.25) is 9.59 Å². The van der Waals surface area contributed by atoms with Crippen LogP contribution in [0.2, 0.25) is 0 Å². The lowest BCUT2D eigenvalue weighted by molar-refractivity contribution is -0.114. The zero-order chi connectivity index (χ0) is 17.9. The number of aromatic carboxylic acids is 1. The molecule has 0 aliphatic heterocycles. The minimum absolute atomic E-state index is 0.0760. The highest BCUT2D eigenvalue weighted by atomic mass is 16.4. The number of carboxylic acids is 1. The monoisotopic (exact) mass is 326 g/mol. The van der Waals surface area contributed by atoms with Gasteiger partial charge >= 0.3 is 5.97 Å². The van der Waals surface area contributed by atoms with Crippen molar-refractivity contribution in [3.63, 3.8) is 0 Å². The number of anilines is 2. The van der Waals surface area contributed by atoms with Crippen molar-refractivity contribution < 1.29 is 19.5 Å². The second-order valence-electron chi connectivity index (χ2n) is 5.49. The van der Waals surface area contributed by atoms with Crippen LogP contribution in [0.15, 0.2) is 42.5 Å². The second-order valence-corrected chi connectivity index (χ2v) is 5.49. The lowest BCUT2D eigenvalue weighted by atomic mass is 9.96. The van der Waals surface area contributed by atoms with Gasteiger partial charge in [0.15, 0.2) is 5.78 Å². The highest BCUT2D eigenvalue weighted by Gasteiger charge is 2.20. The van der Waals surface area contributed by atoms with E-state index < -0.39 is 11.8 Å². The molecule has 0 saturated heterocycles. The molecule has 0 saturated carbocycles. The Labute approximate surface area is 139 Å². The lowest BCUT2D eigenvalue weighted by Crippen LogP contribution is -2.16. The molecule has 0 aliphatic rings. The molecule has 1 amide bonds. The molecule has 0 radical (unpaired) electrons. The summed E-state index contributed by atoms with van der Waals surface area (Å²) in [6.07, 6.45) is 0. The first kappa shape index (κ1) is 17.2. The van der Waals surface area contributed by atoms with E-state index in [1.807, 2.05) is 19.0 Å². The van der Waals surface area contributed by atoms with Crippen LogP contribution in [0.4, 0.5) is 11.4 Å². The van der Waals surface area contributed by atoms with Crippen molar-refractivity contribution in [1.29, 1.82) is 0 Å². The predicted molar refractivity (Wildman–Crippen MR) is 91.9 cm³/mol. The van der Waals surface area contributed by atoms with Crippen molar-refractivity contribution in [2.75, 3.05) is 24.3 Å². The van der Waals surface area contributed by atoms with Gasteiger partial charge in [-0.2, -0.15) is 0 Å². The Morgan fingerprint density at radius 3 is 2.12 bits per heavy atom. The Hall–Kier alpha value is -3.15. The summed E-state index contributed by atoms with van der Waals surface area (Å²) >= 11 is 0. The van der Waals surface area contributed by atoms with Crippen molar-refractivity contribution in [2.45, 2.75) is 6.92 Å². The van der Waals surface area contributed by atoms with Crippen LogP contribution < -0.4 is 10.2 Å². The number of carbonyl (C=O) groups is 3. The molecule has 6 heteroatoms. The second kappa shape index (κ2) is 6.95. The largest absolute Gasteiger partial charge is 0.478 e. The predicted octanol–water partition coefficient (Wildman–Crippen LogP) is 2.64. The molecule has 0 aromatic heterocycles. The van der Waals surface area contributed by atoms with Crippen LogP contribution in [0, 0.1) is 0 Å². The van der Waals surface area contributed by atoms with Crippen molar-refractivity contribution in [2.24, 2.45) is 0 Å². The number of carbonyl (C=O) groups excluding carboxylic acids is 2. The number of hydrogen-bond donors (Lipinski definition) is 2. The fourth-order valence-electron chi connectivity index (χ4n) is 2.31. The quantitative estimate of drug-likeness (QED) is 0.825. The van der Waals surface area contributed by atoms with Crippen LogP contribution in [0.1, 0.15) is 33.2 Å². The van der Waals surface area contributed by atoms with Crippen LogP contribution in [0.25, 0.3) is 0 Å². The summed E-state index contributed by atoms with van der Waals surface area (Å²) in [4.78, 5) is 37.5. The van der Waals surface area contributed by atoms with Gasteiger partial charge in [-0.1, -0.05) is 18.2 Å². The van der Waals surface area contributed by atoms with E-state index in [0.717, 1.165) is 5.69 Å². The molecule has 0 aliphatic carbocycles. The first-order valence-corrected chi connectivity index (χ1v) is 7.27. The molecule has 6 nitrogen and oxygen atoms in total. The van der Waals surface area contributed by atoms with Crippen LogP contribution >= 0.6 is 0 Å². The van der Waals surface area contributed by atoms with Crippen LogP contribution in [0.3, 0.4) is 0 Å². The van der Waals surface area contributed by atoms with E-state index in [1.54, 1.807) is 30.3 Å². The Morgan fingerprint density at radius 2 is 1.58 bits per heavy atom. The van der Waals surface area contributed by atoms with Crippen molar-refractivity contribution >= 4 is 29.0 Å². The highest BCUT2D eigenvalue weighted by molar-refractivity contribution is 6.17. The van der Waals surface area contributed by atoms with Gasteiger partial charge in [0.2, 0.25) is 5.91 Å². The van der Waals surface area contributed by atoms with Crippen molar-refractivity contribution in [1.82, 2.24) is 0 Å². The smallest absolute Gasteiger partial charge is 0.336 e. The van der Waals surface area contributed by atoms with E-state index >= 15 is 0 Å². The average molecular weight is 326 g/mol. The van der Waals surface area contributed by atoms with Crippen LogP contribution in [0.5, 0.6) is 0 Å². The lowest BCUT2D eigenvalue weighted by Gasteiger charge is -2.17. The van der Waals surface area contributed by atoms with Crippen molar-refractivity contribution in [3.8, 4) is 0 Å². The number of rotatable bonds is 5. The zero-order valence-electron chi connectivity index (χ0n) is 13.7. The highest BCUT2D eigenvalue weighted by Crippen LogP contribution is 2.26. The number of ketones is 1. The standard InChI is InChI=1S/C18H18N2O4/c1-11(21)19-16-10-12(20(2)3)8-9-15(16)17(22)13-6-4-5-7-14(13)18(23)24/h4-10H,1-3H3,(H,19,21)(H,23,24). The average Bonchev–Trinajstić information content (AvgIpc) is 2.53.